The second-order valence-corrected chi connectivity index (χ2v) is 6.06. The number of rotatable bonds is 3. The van der Waals surface area contributed by atoms with Crippen LogP contribution in [0.5, 0.6) is 5.75 Å². The number of piperidine rings is 1. The van der Waals surface area contributed by atoms with Crippen molar-refractivity contribution in [2.75, 3.05) is 20.1 Å². The van der Waals surface area contributed by atoms with Crippen LogP contribution < -0.4 is 4.74 Å². The van der Waals surface area contributed by atoms with Crippen molar-refractivity contribution in [1.29, 1.82) is 0 Å². The van der Waals surface area contributed by atoms with Crippen molar-refractivity contribution in [3.8, 4) is 5.75 Å². The lowest BCUT2D eigenvalue weighted by atomic mass is 9.88. The third-order valence-corrected chi connectivity index (χ3v) is 4.41. The maximum atomic E-state index is 6.24. The molecule has 0 amide bonds. The molecule has 0 unspecified atom stereocenters. The number of benzene rings is 2. The lowest BCUT2D eigenvalue weighted by Gasteiger charge is -2.37. The Hall–Kier alpha value is -1.51. The summed E-state index contributed by atoms with van der Waals surface area (Å²) >= 11 is 6.23. The van der Waals surface area contributed by atoms with Gasteiger partial charge in [0.1, 0.15) is 11.9 Å². The summed E-state index contributed by atoms with van der Waals surface area (Å²) in [5.41, 5.74) is 1.33. The highest BCUT2D eigenvalue weighted by atomic mass is 35.5. The molecule has 0 N–H and O–H groups in total. The number of halogens is 1. The van der Waals surface area contributed by atoms with E-state index in [1.165, 1.54) is 5.56 Å². The molecule has 21 heavy (non-hydrogen) atoms. The van der Waals surface area contributed by atoms with Crippen molar-refractivity contribution in [3.63, 3.8) is 0 Å². The van der Waals surface area contributed by atoms with Crippen LogP contribution in [0.15, 0.2) is 54.6 Å². The van der Waals surface area contributed by atoms with Gasteiger partial charge >= 0.3 is 0 Å². The number of ether oxygens (including phenoxy) is 1. The monoisotopic (exact) mass is 301 g/mol. The molecule has 0 aliphatic carbocycles. The Morgan fingerprint density at radius 2 is 1.76 bits per heavy atom. The van der Waals surface area contributed by atoms with Crippen LogP contribution in [-0.4, -0.2) is 31.1 Å². The van der Waals surface area contributed by atoms with E-state index < -0.39 is 0 Å². The van der Waals surface area contributed by atoms with Gasteiger partial charge in [-0.1, -0.05) is 54.1 Å². The molecule has 0 saturated carbocycles. The Bertz CT molecular complexity index is 587. The molecule has 3 heteroatoms. The van der Waals surface area contributed by atoms with Gasteiger partial charge in [0, 0.05) is 19.0 Å². The third kappa shape index (κ3) is 3.39. The molecule has 2 atom stereocenters. The molecule has 0 radical (unpaired) electrons. The summed E-state index contributed by atoms with van der Waals surface area (Å²) in [4.78, 5) is 2.37. The average molecular weight is 302 g/mol. The van der Waals surface area contributed by atoms with Crippen LogP contribution in [0.3, 0.4) is 0 Å². The molecule has 1 aliphatic rings. The van der Waals surface area contributed by atoms with E-state index in [0.29, 0.717) is 10.9 Å². The van der Waals surface area contributed by atoms with Gasteiger partial charge in [-0.15, -0.1) is 0 Å². The Morgan fingerprint density at radius 3 is 2.52 bits per heavy atom. The molecule has 1 aliphatic heterocycles. The molecule has 1 fully saturated rings. The zero-order valence-corrected chi connectivity index (χ0v) is 13.0. The summed E-state index contributed by atoms with van der Waals surface area (Å²) < 4.78 is 6.24. The van der Waals surface area contributed by atoms with Crippen LogP contribution in [0.2, 0.25) is 5.02 Å². The summed E-state index contributed by atoms with van der Waals surface area (Å²) in [5, 5.41) is 0.684. The van der Waals surface area contributed by atoms with E-state index in [2.05, 4.69) is 42.3 Å². The summed E-state index contributed by atoms with van der Waals surface area (Å²) in [5.74, 6) is 1.16. The molecule has 2 nitrogen and oxygen atoms in total. The predicted octanol–water partition coefficient (Wildman–Crippen LogP) is 4.21. The van der Waals surface area contributed by atoms with Gasteiger partial charge in [-0.05, 0) is 31.2 Å². The molecule has 2 aromatic carbocycles. The maximum Gasteiger partial charge on any atom is 0.138 e. The highest BCUT2D eigenvalue weighted by Gasteiger charge is 2.30. The maximum absolute atomic E-state index is 6.24. The summed E-state index contributed by atoms with van der Waals surface area (Å²) in [7, 11) is 2.17. The molecule has 0 bridgehead atoms. The fraction of sp³-hybridized carbons (Fsp3) is 0.333. The van der Waals surface area contributed by atoms with Gasteiger partial charge in [-0.25, -0.2) is 0 Å². The minimum absolute atomic E-state index is 0.170. The molecule has 2 aromatic rings. The van der Waals surface area contributed by atoms with E-state index in [4.69, 9.17) is 16.3 Å². The molecule has 1 saturated heterocycles. The Balaban J connectivity index is 1.83. The number of hydrogen-bond acceptors (Lipinski definition) is 2. The Labute approximate surface area is 131 Å². The average Bonchev–Trinajstić information content (AvgIpc) is 2.52. The minimum atomic E-state index is 0.170. The van der Waals surface area contributed by atoms with Crippen molar-refractivity contribution in [2.24, 2.45) is 0 Å². The van der Waals surface area contributed by atoms with E-state index in [0.717, 1.165) is 25.3 Å². The smallest absolute Gasteiger partial charge is 0.138 e. The van der Waals surface area contributed by atoms with E-state index in [9.17, 15) is 0 Å². The summed E-state index contributed by atoms with van der Waals surface area (Å²) in [6.45, 7) is 2.07. The van der Waals surface area contributed by atoms with Gasteiger partial charge in [0.2, 0.25) is 0 Å². The van der Waals surface area contributed by atoms with E-state index in [1.807, 2.05) is 24.3 Å². The normalized spacial score (nSPS) is 23.0. The number of nitrogens with zero attached hydrogens (tertiary/aromatic N) is 1. The van der Waals surface area contributed by atoms with Crippen molar-refractivity contribution >= 4 is 11.6 Å². The molecular weight excluding hydrogens is 282 g/mol. The zero-order valence-electron chi connectivity index (χ0n) is 12.2. The SMILES string of the molecule is CN1CC[C@@H](Oc2ccccc2Cl)[C@@H](c2ccccc2)C1. The molecule has 3 rings (SSSR count). The lowest BCUT2D eigenvalue weighted by molar-refractivity contribution is 0.0903. The molecular formula is C18H20ClNO. The van der Waals surface area contributed by atoms with Crippen molar-refractivity contribution in [3.05, 3.63) is 65.2 Å². The number of likely N-dealkylation sites (tertiary alicyclic amines) is 1. The lowest BCUT2D eigenvalue weighted by Crippen LogP contribution is -2.42. The molecule has 0 aromatic heterocycles. The second kappa shape index (κ2) is 6.50. The Morgan fingerprint density at radius 1 is 1.05 bits per heavy atom. The number of likely N-dealkylation sites (N-methyl/N-ethyl adjacent to an activating group) is 1. The van der Waals surface area contributed by atoms with E-state index in [1.54, 1.807) is 0 Å². The first kappa shape index (κ1) is 14.4. The molecule has 0 spiro atoms. The first-order valence-electron chi connectivity index (χ1n) is 7.39. The van der Waals surface area contributed by atoms with Crippen LogP contribution >= 0.6 is 11.6 Å². The number of para-hydroxylation sites is 1. The van der Waals surface area contributed by atoms with E-state index >= 15 is 0 Å². The Kier molecular flexibility index (Phi) is 4.47. The quantitative estimate of drug-likeness (QED) is 0.842. The molecule has 1 heterocycles. The van der Waals surface area contributed by atoms with Gasteiger partial charge in [-0.3, -0.25) is 0 Å². The highest BCUT2D eigenvalue weighted by Crippen LogP contribution is 2.32. The second-order valence-electron chi connectivity index (χ2n) is 5.65. The summed E-state index contributed by atoms with van der Waals surface area (Å²) in [6, 6.07) is 18.3. The van der Waals surface area contributed by atoms with Gasteiger partial charge in [-0.2, -0.15) is 0 Å². The first-order valence-corrected chi connectivity index (χ1v) is 7.76. The van der Waals surface area contributed by atoms with E-state index in [-0.39, 0.29) is 6.10 Å². The third-order valence-electron chi connectivity index (χ3n) is 4.10. The van der Waals surface area contributed by atoms with Crippen LogP contribution in [-0.2, 0) is 0 Å². The van der Waals surface area contributed by atoms with Crippen molar-refractivity contribution in [1.82, 2.24) is 4.90 Å². The van der Waals surface area contributed by atoms with Crippen molar-refractivity contribution < 1.29 is 4.74 Å². The van der Waals surface area contributed by atoms with Gasteiger partial charge < -0.3 is 9.64 Å². The predicted molar refractivity (Wildman–Crippen MR) is 87.2 cm³/mol. The minimum Gasteiger partial charge on any atom is -0.488 e. The topological polar surface area (TPSA) is 12.5 Å². The fourth-order valence-corrected chi connectivity index (χ4v) is 3.14. The van der Waals surface area contributed by atoms with Gasteiger partial charge in [0.15, 0.2) is 0 Å². The zero-order chi connectivity index (χ0) is 14.7. The van der Waals surface area contributed by atoms with Crippen LogP contribution in [0, 0.1) is 0 Å². The van der Waals surface area contributed by atoms with Crippen LogP contribution in [0.1, 0.15) is 17.9 Å². The highest BCUT2D eigenvalue weighted by molar-refractivity contribution is 6.32. The van der Waals surface area contributed by atoms with Gasteiger partial charge in [0.25, 0.3) is 0 Å². The fourth-order valence-electron chi connectivity index (χ4n) is 2.96. The van der Waals surface area contributed by atoms with Crippen LogP contribution in [0.25, 0.3) is 0 Å². The largest absolute Gasteiger partial charge is 0.488 e. The number of hydrogen-bond donors (Lipinski definition) is 0. The standard InChI is InChI=1S/C18H20ClNO/c1-20-12-11-17(21-18-10-6-5-9-16(18)19)15(13-20)14-7-3-2-4-8-14/h2-10,15,17H,11-13H2,1H3/t15-,17-/m1/s1. The van der Waals surface area contributed by atoms with Gasteiger partial charge in [0.05, 0.1) is 5.02 Å². The van der Waals surface area contributed by atoms with Crippen molar-refractivity contribution in [2.45, 2.75) is 18.4 Å². The molecule has 110 valence electrons. The summed E-state index contributed by atoms with van der Waals surface area (Å²) in [6.07, 6.45) is 1.19. The first-order chi connectivity index (χ1) is 10.2. The van der Waals surface area contributed by atoms with Crippen LogP contribution in [0.4, 0.5) is 0 Å².